The van der Waals surface area contributed by atoms with Gasteiger partial charge in [0.1, 0.15) is 11.2 Å². The minimum absolute atomic E-state index is 0.265. The molecule has 1 heterocycles. The van der Waals surface area contributed by atoms with E-state index in [9.17, 15) is 9.90 Å². The second-order valence-corrected chi connectivity index (χ2v) is 5.07. The van der Waals surface area contributed by atoms with E-state index in [2.05, 4.69) is 0 Å². The Morgan fingerprint density at radius 2 is 1.89 bits per heavy atom. The molecule has 0 amide bonds. The Morgan fingerprint density at radius 3 is 2.61 bits per heavy atom. The van der Waals surface area contributed by atoms with Gasteiger partial charge in [0.25, 0.3) is 0 Å². The van der Waals surface area contributed by atoms with Crippen LogP contribution < -0.4 is 0 Å². The third-order valence-electron chi connectivity index (χ3n) is 3.75. The summed E-state index contributed by atoms with van der Waals surface area (Å²) in [7, 11) is 0. The summed E-state index contributed by atoms with van der Waals surface area (Å²) < 4.78 is 5.54. The number of hydrogen-bond acceptors (Lipinski definition) is 3. The lowest BCUT2D eigenvalue weighted by Gasteiger charge is -2.29. The predicted molar refractivity (Wildman–Crippen MR) is 68.6 cm³/mol. The third kappa shape index (κ3) is 1.85. The van der Waals surface area contributed by atoms with Crippen LogP contribution in [0.4, 0.5) is 0 Å². The molecule has 0 bridgehead atoms. The van der Waals surface area contributed by atoms with Crippen LogP contribution in [0, 0.1) is 0 Å². The standard InChI is InChI=1S/C15H16O3/c16-14(15(17)8-4-1-5-9-15)13-10-11-6-2-3-7-12(11)18-13/h2-3,6-7,10,17H,1,4-5,8-9H2. The fraction of sp³-hybridized carbons (Fsp3) is 0.400. The molecule has 1 saturated carbocycles. The molecule has 94 valence electrons. The van der Waals surface area contributed by atoms with E-state index in [4.69, 9.17) is 4.42 Å². The monoisotopic (exact) mass is 244 g/mol. The summed E-state index contributed by atoms with van der Waals surface area (Å²) in [6.07, 6.45) is 3.99. The van der Waals surface area contributed by atoms with Crippen molar-refractivity contribution >= 4 is 16.8 Å². The highest BCUT2D eigenvalue weighted by Crippen LogP contribution is 2.32. The smallest absolute Gasteiger partial charge is 0.229 e. The molecular weight excluding hydrogens is 228 g/mol. The molecule has 1 N–H and O–H groups in total. The second kappa shape index (κ2) is 4.25. The lowest BCUT2D eigenvalue weighted by Crippen LogP contribution is -2.40. The first-order chi connectivity index (χ1) is 8.69. The van der Waals surface area contributed by atoms with Gasteiger partial charge in [0.05, 0.1) is 0 Å². The highest BCUT2D eigenvalue weighted by atomic mass is 16.4. The molecule has 3 rings (SSSR count). The van der Waals surface area contributed by atoms with E-state index >= 15 is 0 Å². The van der Waals surface area contributed by atoms with Crippen molar-refractivity contribution in [2.45, 2.75) is 37.7 Å². The maximum atomic E-state index is 12.3. The molecule has 0 unspecified atom stereocenters. The maximum Gasteiger partial charge on any atom is 0.229 e. The summed E-state index contributed by atoms with van der Waals surface area (Å²) in [5.74, 6) is 0.0130. The number of furan rings is 1. The first kappa shape index (κ1) is 11.5. The van der Waals surface area contributed by atoms with Crippen LogP contribution in [0.25, 0.3) is 11.0 Å². The van der Waals surface area contributed by atoms with Gasteiger partial charge in [-0.05, 0) is 25.0 Å². The summed E-state index contributed by atoms with van der Waals surface area (Å²) in [4.78, 5) is 12.3. The molecule has 0 radical (unpaired) electrons. The molecule has 1 aromatic heterocycles. The van der Waals surface area contributed by atoms with E-state index in [-0.39, 0.29) is 11.5 Å². The zero-order chi connectivity index (χ0) is 12.6. The zero-order valence-electron chi connectivity index (χ0n) is 10.2. The van der Waals surface area contributed by atoms with Gasteiger partial charge in [-0.15, -0.1) is 0 Å². The van der Waals surface area contributed by atoms with Crippen LogP contribution in [0.1, 0.15) is 42.7 Å². The van der Waals surface area contributed by atoms with Crippen molar-refractivity contribution in [2.24, 2.45) is 0 Å². The van der Waals surface area contributed by atoms with Gasteiger partial charge < -0.3 is 9.52 Å². The van der Waals surface area contributed by atoms with E-state index in [1.807, 2.05) is 24.3 Å². The van der Waals surface area contributed by atoms with Gasteiger partial charge in [-0.3, -0.25) is 4.79 Å². The summed E-state index contributed by atoms with van der Waals surface area (Å²) in [6, 6.07) is 9.23. The number of aliphatic hydroxyl groups is 1. The first-order valence-electron chi connectivity index (χ1n) is 6.45. The predicted octanol–water partition coefficient (Wildman–Crippen LogP) is 3.31. The molecule has 18 heavy (non-hydrogen) atoms. The Labute approximate surface area is 105 Å². The largest absolute Gasteiger partial charge is 0.453 e. The highest BCUT2D eigenvalue weighted by Gasteiger charge is 2.39. The van der Waals surface area contributed by atoms with Crippen molar-refractivity contribution < 1.29 is 14.3 Å². The number of carbonyl (C=O) groups is 1. The SMILES string of the molecule is O=C(c1cc2ccccc2o1)C1(O)CCCCC1. The number of benzene rings is 1. The molecule has 0 spiro atoms. The van der Waals surface area contributed by atoms with E-state index < -0.39 is 5.60 Å². The fourth-order valence-corrected chi connectivity index (χ4v) is 2.69. The van der Waals surface area contributed by atoms with Crippen molar-refractivity contribution in [1.29, 1.82) is 0 Å². The average Bonchev–Trinajstić information content (AvgIpc) is 2.82. The first-order valence-corrected chi connectivity index (χ1v) is 6.45. The van der Waals surface area contributed by atoms with Gasteiger partial charge >= 0.3 is 0 Å². The molecule has 0 atom stereocenters. The normalized spacial score (nSPS) is 18.9. The van der Waals surface area contributed by atoms with Crippen LogP contribution in [0.2, 0.25) is 0 Å². The van der Waals surface area contributed by atoms with Crippen molar-refractivity contribution in [3.05, 3.63) is 36.1 Å². The van der Waals surface area contributed by atoms with Crippen molar-refractivity contribution in [3.8, 4) is 0 Å². The number of para-hydroxylation sites is 1. The van der Waals surface area contributed by atoms with Gasteiger partial charge in [0, 0.05) is 5.39 Å². The van der Waals surface area contributed by atoms with Crippen LogP contribution in [-0.4, -0.2) is 16.5 Å². The van der Waals surface area contributed by atoms with Crippen molar-refractivity contribution in [3.63, 3.8) is 0 Å². The number of Topliss-reactive ketones (excluding diaryl/α,β-unsaturated/α-hetero) is 1. The number of carbonyl (C=O) groups excluding carboxylic acids is 1. The third-order valence-corrected chi connectivity index (χ3v) is 3.75. The number of fused-ring (bicyclic) bond motifs is 1. The molecule has 1 aromatic carbocycles. The van der Waals surface area contributed by atoms with Crippen LogP contribution in [0.5, 0.6) is 0 Å². The summed E-state index contributed by atoms with van der Waals surface area (Å²) in [5, 5.41) is 11.3. The Kier molecular flexibility index (Phi) is 2.71. The number of ketones is 1. The summed E-state index contributed by atoms with van der Waals surface area (Å²) in [5.41, 5.74) is -0.521. The van der Waals surface area contributed by atoms with Gasteiger partial charge in [-0.1, -0.05) is 37.5 Å². The minimum Gasteiger partial charge on any atom is -0.453 e. The fourth-order valence-electron chi connectivity index (χ4n) is 2.69. The van der Waals surface area contributed by atoms with E-state index in [1.54, 1.807) is 6.07 Å². The Balaban J connectivity index is 1.96. The zero-order valence-corrected chi connectivity index (χ0v) is 10.2. The number of hydrogen-bond donors (Lipinski definition) is 1. The van der Waals surface area contributed by atoms with Crippen molar-refractivity contribution in [1.82, 2.24) is 0 Å². The molecule has 0 aliphatic heterocycles. The molecule has 2 aromatic rings. The van der Waals surface area contributed by atoms with Gasteiger partial charge in [-0.25, -0.2) is 0 Å². The van der Waals surface area contributed by atoms with Gasteiger partial charge in [0.15, 0.2) is 5.76 Å². The van der Waals surface area contributed by atoms with E-state index in [0.29, 0.717) is 18.4 Å². The van der Waals surface area contributed by atoms with Crippen LogP contribution in [-0.2, 0) is 0 Å². The molecule has 1 fully saturated rings. The Morgan fingerprint density at radius 1 is 1.17 bits per heavy atom. The molecule has 3 nitrogen and oxygen atoms in total. The van der Waals surface area contributed by atoms with Crippen LogP contribution in [0.3, 0.4) is 0 Å². The topological polar surface area (TPSA) is 50.4 Å². The van der Waals surface area contributed by atoms with Crippen LogP contribution in [0.15, 0.2) is 34.7 Å². The van der Waals surface area contributed by atoms with E-state index in [0.717, 1.165) is 24.6 Å². The minimum atomic E-state index is -1.22. The van der Waals surface area contributed by atoms with Gasteiger partial charge in [-0.2, -0.15) is 0 Å². The lowest BCUT2D eigenvalue weighted by molar-refractivity contribution is 0.00945. The Hall–Kier alpha value is -1.61. The average molecular weight is 244 g/mol. The summed E-state index contributed by atoms with van der Waals surface area (Å²) in [6.45, 7) is 0. The quantitative estimate of drug-likeness (QED) is 0.824. The number of rotatable bonds is 2. The Bertz CT molecular complexity index is 543. The molecule has 0 saturated heterocycles. The lowest BCUT2D eigenvalue weighted by atomic mass is 9.81. The highest BCUT2D eigenvalue weighted by molar-refractivity contribution is 6.02. The molecule has 1 aliphatic rings. The molecule has 1 aliphatic carbocycles. The van der Waals surface area contributed by atoms with Gasteiger partial charge in [0.2, 0.25) is 5.78 Å². The molecule has 3 heteroatoms. The maximum absolute atomic E-state index is 12.3. The second-order valence-electron chi connectivity index (χ2n) is 5.07. The van der Waals surface area contributed by atoms with Crippen LogP contribution >= 0.6 is 0 Å². The van der Waals surface area contributed by atoms with Crippen molar-refractivity contribution in [2.75, 3.05) is 0 Å². The summed E-state index contributed by atoms with van der Waals surface area (Å²) >= 11 is 0. The van der Waals surface area contributed by atoms with E-state index in [1.165, 1.54) is 0 Å². The molecular formula is C15H16O3.